The van der Waals surface area contributed by atoms with Crippen molar-refractivity contribution in [3.63, 3.8) is 0 Å². The van der Waals surface area contributed by atoms with Gasteiger partial charge in [-0.05, 0) is 38.1 Å². The van der Waals surface area contributed by atoms with Gasteiger partial charge in [0.05, 0.1) is 5.69 Å². The van der Waals surface area contributed by atoms with Crippen LogP contribution < -0.4 is 5.32 Å². The number of benzene rings is 1. The zero-order valence-corrected chi connectivity index (χ0v) is 12.4. The van der Waals surface area contributed by atoms with Gasteiger partial charge in [-0.2, -0.15) is 0 Å². The van der Waals surface area contributed by atoms with Crippen LogP contribution in [0.2, 0.25) is 0 Å². The Balaban J connectivity index is 1.74. The molecule has 2 heterocycles. The molecule has 1 aliphatic rings. The van der Waals surface area contributed by atoms with Crippen molar-refractivity contribution in [1.29, 1.82) is 0 Å². The molecule has 1 saturated heterocycles. The van der Waals surface area contributed by atoms with E-state index >= 15 is 0 Å². The molecule has 0 unspecified atom stereocenters. The number of oxazole rings is 1. The van der Waals surface area contributed by atoms with E-state index in [1.54, 1.807) is 18.4 Å². The van der Waals surface area contributed by atoms with Gasteiger partial charge in [0.15, 0.2) is 0 Å². The van der Waals surface area contributed by atoms with Gasteiger partial charge in [0, 0.05) is 37.3 Å². The molecule has 0 bridgehead atoms. The molecular weight excluding hydrogens is 269 g/mol. The highest BCUT2D eigenvalue weighted by Crippen LogP contribution is 2.22. The normalized spacial score (nSPS) is 18.8. The van der Waals surface area contributed by atoms with Crippen molar-refractivity contribution in [2.75, 3.05) is 19.6 Å². The van der Waals surface area contributed by atoms with Crippen LogP contribution in [0.15, 0.2) is 34.9 Å². The Bertz CT molecular complexity index is 606. The monoisotopic (exact) mass is 289 g/mol. The Labute approximate surface area is 124 Å². The molecule has 0 spiro atoms. The van der Waals surface area contributed by atoms with E-state index in [2.05, 4.69) is 29.0 Å². The molecule has 21 heavy (non-hydrogen) atoms. The summed E-state index contributed by atoms with van der Waals surface area (Å²) in [6, 6.07) is 6.19. The van der Waals surface area contributed by atoms with Crippen molar-refractivity contribution in [3.8, 4) is 11.5 Å². The third-order valence-electron chi connectivity index (χ3n) is 3.97. The van der Waals surface area contributed by atoms with Crippen molar-refractivity contribution in [2.24, 2.45) is 0 Å². The van der Waals surface area contributed by atoms with Gasteiger partial charge in [0.25, 0.3) is 0 Å². The minimum atomic E-state index is -0.256. The average Bonchev–Trinajstić information content (AvgIpc) is 2.90. The summed E-state index contributed by atoms with van der Waals surface area (Å²) in [6.45, 7) is 8.16. The smallest absolute Gasteiger partial charge is 0.226 e. The van der Waals surface area contributed by atoms with E-state index in [0.717, 1.165) is 37.4 Å². The van der Waals surface area contributed by atoms with Gasteiger partial charge >= 0.3 is 0 Å². The Morgan fingerprint density at radius 1 is 1.33 bits per heavy atom. The van der Waals surface area contributed by atoms with E-state index in [0.29, 0.717) is 5.89 Å². The lowest BCUT2D eigenvalue weighted by Crippen LogP contribution is -2.57. The number of nitrogens with zero attached hydrogens (tertiary/aromatic N) is 2. The molecule has 1 aliphatic heterocycles. The van der Waals surface area contributed by atoms with Crippen molar-refractivity contribution in [2.45, 2.75) is 25.9 Å². The van der Waals surface area contributed by atoms with Crippen molar-refractivity contribution in [1.82, 2.24) is 15.2 Å². The van der Waals surface area contributed by atoms with Crippen LogP contribution in [-0.2, 0) is 6.54 Å². The molecule has 0 amide bonds. The third kappa shape index (κ3) is 3.14. The lowest BCUT2D eigenvalue weighted by molar-refractivity contribution is 0.0814. The van der Waals surface area contributed by atoms with Crippen LogP contribution in [0, 0.1) is 5.82 Å². The quantitative estimate of drug-likeness (QED) is 0.943. The molecule has 4 nitrogen and oxygen atoms in total. The lowest BCUT2D eigenvalue weighted by Gasteiger charge is -2.42. The zero-order valence-electron chi connectivity index (χ0n) is 12.4. The van der Waals surface area contributed by atoms with E-state index in [-0.39, 0.29) is 11.4 Å². The molecule has 0 radical (unpaired) electrons. The van der Waals surface area contributed by atoms with E-state index < -0.39 is 0 Å². The number of aromatic nitrogens is 1. The number of hydrogen-bond donors (Lipinski definition) is 1. The Hall–Kier alpha value is -1.72. The Kier molecular flexibility index (Phi) is 3.78. The summed E-state index contributed by atoms with van der Waals surface area (Å²) in [4.78, 5) is 6.92. The van der Waals surface area contributed by atoms with Gasteiger partial charge in [-0.25, -0.2) is 9.37 Å². The van der Waals surface area contributed by atoms with Gasteiger partial charge in [0.1, 0.15) is 12.1 Å². The summed E-state index contributed by atoms with van der Waals surface area (Å²) in [5.74, 6) is 0.283. The van der Waals surface area contributed by atoms with Crippen LogP contribution in [0.5, 0.6) is 0 Å². The molecule has 1 fully saturated rings. The van der Waals surface area contributed by atoms with Crippen LogP contribution in [0.25, 0.3) is 11.5 Å². The topological polar surface area (TPSA) is 41.3 Å². The summed E-state index contributed by atoms with van der Waals surface area (Å²) in [7, 11) is 0. The van der Waals surface area contributed by atoms with E-state index in [1.165, 1.54) is 12.1 Å². The SMILES string of the molecule is CC1(C)CNCCN1Cc1coc(-c2ccc(F)cc2)n1. The maximum absolute atomic E-state index is 12.9. The number of halogens is 1. The number of hydrogen-bond acceptors (Lipinski definition) is 4. The first-order chi connectivity index (χ1) is 10.0. The van der Waals surface area contributed by atoms with Crippen LogP contribution >= 0.6 is 0 Å². The number of rotatable bonds is 3. The highest BCUT2D eigenvalue weighted by Gasteiger charge is 2.30. The Morgan fingerprint density at radius 3 is 2.81 bits per heavy atom. The maximum atomic E-state index is 12.9. The summed E-state index contributed by atoms with van der Waals surface area (Å²) >= 11 is 0. The first-order valence-corrected chi connectivity index (χ1v) is 7.21. The molecule has 1 aromatic heterocycles. The molecule has 0 saturated carbocycles. The molecule has 5 heteroatoms. The summed E-state index contributed by atoms with van der Waals surface area (Å²) in [6.07, 6.45) is 1.69. The predicted octanol–water partition coefficient (Wildman–Crippen LogP) is 2.66. The van der Waals surface area contributed by atoms with Crippen molar-refractivity contribution < 1.29 is 8.81 Å². The minimum Gasteiger partial charge on any atom is -0.444 e. The largest absolute Gasteiger partial charge is 0.444 e. The van der Waals surface area contributed by atoms with Gasteiger partial charge in [-0.15, -0.1) is 0 Å². The van der Waals surface area contributed by atoms with Gasteiger partial charge in [-0.1, -0.05) is 0 Å². The van der Waals surface area contributed by atoms with Crippen molar-refractivity contribution in [3.05, 3.63) is 42.0 Å². The zero-order chi connectivity index (χ0) is 14.9. The first kappa shape index (κ1) is 14.2. The van der Waals surface area contributed by atoms with Crippen LogP contribution in [0.3, 0.4) is 0 Å². The standard InChI is InChI=1S/C16H20FN3O/c1-16(2)11-18-7-8-20(16)9-14-10-21-15(19-14)12-3-5-13(17)6-4-12/h3-6,10,18H,7-9,11H2,1-2H3. The second kappa shape index (κ2) is 5.58. The molecule has 0 atom stereocenters. The molecule has 112 valence electrons. The first-order valence-electron chi connectivity index (χ1n) is 7.21. The highest BCUT2D eigenvalue weighted by molar-refractivity contribution is 5.52. The summed E-state index contributed by atoms with van der Waals surface area (Å²) in [5.41, 5.74) is 1.80. The van der Waals surface area contributed by atoms with Gasteiger partial charge in [0.2, 0.25) is 5.89 Å². The molecule has 1 aromatic carbocycles. The molecular formula is C16H20FN3O. The van der Waals surface area contributed by atoms with E-state index in [9.17, 15) is 4.39 Å². The molecule has 2 aromatic rings. The predicted molar refractivity (Wildman–Crippen MR) is 79.3 cm³/mol. The third-order valence-corrected chi connectivity index (χ3v) is 3.97. The second-order valence-electron chi connectivity index (χ2n) is 6.06. The van der Waals surface area contributed by atoms with Crippen molar-refractivity contribution >= 4 is 0 Å². The fourth-order valence-electron chi connectivity index (χ4n) is 2.62. The molecule has 3 rings (SSSR count). The lowest BCUT2D eigenvalue weighted by atomic mass is 10.00. The maximum Gasteiger partial charge on any atom is 0.226 e. The summed E-state index contributed by atoms with van der Waals surface area (Å²) in [5, 5.41) is 3.41. The number of nitrogens with one attached hydrogen (secondary N) is 1. The van der Waals surface area contributed by atoms with Crippen LogP contribution in [-0.4, -0.2) is 35.1 Å². The van der Waals surface area contributed by atoms with E-state index in [4.69, 9.17) is 4.42 Å². The average molecular weight is 289 g/mol. The highest BCUT2D eigenvalue weighted by atomic mass is 19.1. The fourth-order valence-corrected chi connectivity index (χ4v) is 2.62. The molecule has 1 N–H and O–H groups in total. The number of piperazine rings is 1. The van der Waals surface area contributed by atoms with Crippen LogP contribution in [0.1, 0.15) is 19.5 Å². The minimum absolute atomic E-state index is 0.104. The fraction of sp³-hybridized carbons (Fsp3) is 0.438. The second-order valence-corrected chi connectivity index (χ2v) is 6.06. The molecule has 0 aliphatic carbocycles. The Morgan fingerprint density at radius 2 is 2.10 bits per heavy atom. The van der Waals surface area contributed by atoms with E-state index in [1.807, 2.05) is 0 Å². The summed E-state index contributed by atoms with van der Waals surface area (Å²) < 4.78 is 18.5. The van der Waals surface area contributed by atoms with Gasteiger partial charge in [-0.3, -0.25) is 4.90 Å². The van der Waals surface area contributed by atoms with Crippen LogP contribution in [0.4, 0.5) is 4.39 Å². The van der Waals surface area contributed by atoms with Gasteiger partial charge < -0.3 is 9.73 Å².